The number of rotatable bonds is 3. The summed E-state index contributed by atoms with van der Waals surface area (Å²) in [4.78, 5) is 21.2. The minimum absolute atomic E-state index is 0.00302. The van der Waals surface area contributed by atoms with Gasteiger partial charge in [0.2, 0.25) is 11.8 Å². The van der Waals surface area contributed by atoms with E-state index in [1.807, 2.05) is 0 Å². The van der Waals surface area contributed by atoms with Gasteiger partial charge in [0.15, 0.2) is 0 Å². The molecule has 0 amide bonds. The summed E-state index contributed by atoms with van der Waals surface area (Å²) in [7, 11) is 1.72. The van der Waals surface area contributed by atoms with Gasteiger partial charge in [0.05, 0.1) is 4.92 Å². The number of anilines is 2. The predicted octanol–water partition coefficient (Wildman–Crippen LogP) is 2.44. The highest BCUT2D eigenvalue weighted by Crippen LogP contribution is 2.38. The summed E-state index contributed by atoms with van der Waals surface area (Å²) >= 11 is 0. The van der Waals surface area contributed by atoms with Crippen LogP contribution in [0, 0.1) is 22.0 Å². The average molecular weight is 291 g/mol. The van der Waals surface area contributed by atoms with Gasteiger partial charge >= 0.3 is 5.69 Å². The van der Waals surface area contributed by atoms with Crippen LogP contribution in [0.1, 0.15) is 32.1 Å². The smallest absolute Gasteiger partial charge is 0.329 e. The molecule has 2 fully saturated rings. The van der Waals surface area contributed by atoms with Crippen molar-refractivity contribution in [1.29, 1.82) is 0 Å². The zero-order valence-electron chi connectivity index (χ0n) is 12.3. The van der Waals surface area contributed by atoms with Crippen molar-refractivity contribution in [3.8, 4) is 0 Å². The molecule has 2 aliphatic rings. The molecule has 21 heavy (non-hydrogen) atoms. The lowest BCUT2D eigenvalue weighted by atomic mass is 9.75. The number of nitrogens with zero attached hydrogens (tertiary/aromatic N) is 4. The first-order valence-electron chi connectivity index (χ1n) is 7.63. The molecule has 114 valence electrons. The van der Waals surface area contributed by atoms with Crippen molar-refractivity contribution in [3.05, 3.63) is 16.3 Å². The molecule has 1 aromatic rings. The fourth-order valence-electron chi connectivity index (χ4n) is 3.64. The summed E-state index contributed by atoms with van der Waals surface area (Å²) in [6.07, 6.45) is 7.58. The van der Waals surface area contributed by atoms with Crippen LogP contribution in [-0.4, -0.2) is 35.0 Å². The highest BCUT2D eigenvalue weighted by atomic mass is 16.6. The fourth-order valence-corrected chi connectivity index (χ4v) is 3.64. The number of aromatic nitrogens is 2. The Morgan fingerprint density at radius 2 is 2.10 bits per heavy atom. The average Bonchev–Trinajstić information content (AvgIpc) is 2.53. The Balaban J connectivity index is 1.86. The maximum Gasteiger partial charge on any atom is 0.329 e. The van der Waals surface area contributed by atoms with Gasteiger partial charge in [-0.15, -0.1) is 0 Å². The van der Waals surface area contributed by atoms with E-state index in [0.717, 1.165) is 25.4 Å². The zero-order valence-corrected chi connectivity index (χ0v) is 12.3. The molecular formula is C14H21N5O2. The van der Waals surface area contributed by atoms with E-state index in [2.05, 4.69) is 20.2 Å². The monoisotopic (exact) mass is 291 g/mol. The molecule has 2 heterocycles. The second-order valence-corrected chi connectivity index (χ2v) is 5.95. The third kappa shape index (κ3) is 2.77. The molecule has 2 atom stereocenters. The van der Waals surface area contributed by atoms with Crippen LogP contribution in [0.3, 0.4) is 0 Å². The molecule has 1 aliphatic heterocycles. The van der Waals surface area contributed by atoms with Gasteiger partial charge in [0.25, 0.3) is 0 Å². The van der Waals surface area contributed by atoms with E-state index in [9.17, 15) is 10.1 Å². The minimum atomic E-state index is -0.387. The van der Waals surface area contributed by atoms with Gasteiger partial charge in [-0.3, -0.25) is 10.1 Å². The molecule has 0 spiro atoms. The Morgan fingerprint density at radius 3 is 2.81 bits per heavy atom. The van der Waals surface area contributed by atoms with Crippen molar-refractivity contribution >= 4 is 17.5 Å². The van der Waals surface area contributed by atoms with Crippen LogP contribution in [0.25, 0.3) is 0 Å². The Morgan fingerprint density at radius 1 is 1.33 bits per heavy atom. The van der Waals surface area contributed by atoms with E-state index in [1.54, 1.807) is 7.05 Å². The van der Waals surface area contributed by atoms with Gasteiger partial charge in [-0.05, 0) is 24.7 Å². The van der Waals surface area contributed by atoms with Gasteiger partial charge in [-0.1, -0.05) is 19.3 Å². The van der Waals surface area contributed by atoms with E-state index < -0.39 is 0 Å². The Bertz CT molecular complexity index is 536. The van der Waals surface area contributed by atoms with E-state index >= 15 is 0 Å². The minimum Gasteiger partial charge on any atom is -0.357 e. The number of fused-ring (bicyclic) bond motifs is 1. The predicted molar refractivity (Wildman–Crippen MR) is 80.5 cm³/mol. The van der Waals surface area contributed by atoms with Crippen molar-refractivity contribution in [2.75, 3.05) is 30.4 Å². The van der Waals surface area contributed by atoms with Crippen LogP contribution in [-0.2, 0) is 0 Å². The summed E-state index contributed by atoms with van der Waals surface area (Å²) < 4.78 is 0. The van der Waals surface area contributed by atoms with Gasteiger partial charge < -0.3 is 10.2 Å². The van der Waals surface area contributed by atoms with Crippen molar-refractivity contribution in [1.82, 2.24) is 9.97 Å². The molecule has 1 aliphatic carbocycles. The standard InChI is InChI=1S/C14H21N5O2/c1-15-14-16-8-12(19(20)21)13(17-14)18-7-6-10-4-2-3-5-11(10)9-18/h8,10-11H,2-7,9H2,1H3,(H,15,16,17). The first-order valence-corrected chi connectivity index (χ1v) is 7.63. The van der Waals surface area contributed by atoms with E-state index in [-0.39, 0.29) is 10.6 Å². The normalized spacial score (nSPS) is 25.3. The molecule has 0 radical (unpaired) electrons. The molecule has 3 rings (SSSR count). The van der Waals surface area contributed by atoms with Gasteiger partial charge in [-0.2, -0.15) is 4.98 Å². The third-order valence-corrected chi connectivity index (χ3v) is 4.76. The second-order valence-electron chi connectivity index (χ2n) is 5.95. The van der Waals surface area contributed by atoms with Crippen LogP contribution < -0.4 is 10.2 Å². The first kappa shape index (κ1) is 14.0. The molecule has 7 heteroatoms. The quantitative estimate of drug-likeness (QED) is 0.680. The number of nitrogens with one attached hydrogen (secondary N) is 1. The fraction of sp³-hybridized carbons (Fsp3) is 0.714. The lowest BCUT2D eigenvalue weighted by Crippen LogP contribution is -2.42. The van der Waals surface area contributed by atoms with Crippen molar-refractivity contribution in [2.45, 2.75) is 32.1 Å². The molecule has 1 saturated carbocycles. The van der Waals surface area contributed by atoms with E-state index in [1.165, 1.54) is 31.9 Å². The Hall–Kier alpha value is -1.92. The van der Waals surface area contributed by atoms with Crippen molar-refractivity contribution in [2.24, 2.45) is 11.8 Å². The second kappa shape index (κ2) is 5.83. The molecule has 2 unspecified atom stereocenters. The molecular weight excluding hydrogens is 270 g/mol. The number of piperidine rings is 1. The lowest BCUT2D eigenvalue weighted by molar-refractivity contribution is -0.384. The SMILES string of the molecule is CNc1ncc([N+](=O)[O-])c(N2CCC3CCCCC3C2)n1. The molecule has 7 nitrogen and oxygen atoms in total. The van der Waals surface area contributed by atoms with Crippen LogP contribution >= 0.6 is 0 Å². The van der Waals surface area contributed by atoms with Crippen LogP contribution in [0.4, 0.5) is 17.5 Å². The number of nitro groups is 1. The molecule has 1 saturated heterocycles. The number of hydrogen-bond donors (Lipinski definition) is 1. The topological polar surface area (TPSA) is 84.2 Å². The maximum absolute atomic E-state index is 11.2. The summed E-state index contributed by atoms with van der Waals surface area (Å²) in [6, 6.07) is 0. The molecule has 0 aromatic carbocycles. The largest absolute Gasteiger partial charge is 0.357 e. The van der Waals surface area contributed by atoms with Gasteiger partial charge in [-0.25, -0.2) is 4.98 Å². The number of hydrogen-bond acceptors (Lipinski definition) is 6. The Labute approximate surface area is 123 Å². The highest BCUT2D eigenvalue weighted by molar-refractivity contribution is 5.59. The summed E-state index contributed by atoms with van der Waals surface area (Å²) in [5.74, 6) is 2.34. The van der Waals surface area contributed by atoms with Gasteiger partial charge in [0.1, 0.15) is 6.20 Å². The van der Waals surface area contributed by atoms with E-state index in [0.29, 0.717) is 17.7 Å². The van der Waals surface area contributed by atoms with Crippen LogP contribution in [0.5, 0.6) is 0 Å². The van der Waals surface area contributed by atoms with Crippen molar-refractivity contribution < 1.29 is 4.92 Å². The maximum atomic E-state index is 11.2. The lowest BCUT2D eigenvalue weighted by Gasteiger charge is -2.41. The molecule has 1 N–H and O–H groups in total. The van der Waals surface area contributed by atoms with Gasteiger partial charge in [0, 0.05) is 20.1 Å². The first-order chi connectivity index (χ1) is 10.2. The molecule has 0 bridgehead atoms. The zero-order chi connectivity index (χ0) is 14.8. The van der Waals surface area contributed by atoms with Crippen molar-refractivity contribution in [3.63, 3.8) is 0 Å². The molecule has 1 aromatic heterocycles. The third-order valence-electron chi connectivity index (χ3n) is 4.76. The summed E-state index contributed by atoms with van der Waals surface area (Å²) in [5, 5.41) is 14.1. The van der Waals surface area contributed by atoms with Crippen LogP contribution in [0.2, 0.25) is 0 Å². The summed E-state index contributed by atoms with van der Waals surface area (Å²) in [6.45, 7) is 1.73. The van der Waals surface area contributed by atoms with E-state index in [4.69, 9.17) is 0 Å². The highest BCUT2D eigenvalue weighted by Gasteiger charge is 2.34. The summed E-state index contributed by atoms with van der Waals surface area (Å²) in [5.41, 5.74) is 0.00302. The Kier molecular flexibility index (Phi) is 3.90. The van der Waals surface area contributed by atoms with Crippen LogP contribution in [0.15, 0.2) is 6.20 Å².